The maximum absolute atomic E-state index is 11.8. The molecular formula is C17H24N4O3. The number of carbonyl (C=O) groups is 2. The zero-order valence-electron chi connectivity index (χ0n) is 14.4. The van der Waals surface area contributed by atoms with Crippen LogP contribution in [0.4, 0.5) is 0 Å². The molecule has 1 atom stereocenters. The van der Waals surface area contributed by atoms with E-state index in [2.05, 4.69) is 10.0 Å². The molecule has 0 radical (unpaired) electrons. The fourth-order valence-corrected chi connectivity index (χ4v) is 2.02. The summed E-state index contributed by atoms with van der Waals surface area (Å²) in [5.41, 5.74) is 10.0. The van der Waals surface area contributed by atoms with Crippen molar-refractivity contribution in [2.45, 2.75) is 38.8 Å². The summed E-state index contributed by atoms with van der Waals surface area (Å²) in [7, 11) is 3.93. The molecule has 0 amide bonds. The molecule has 0 aromatic heterocycles. The third kappa shape index (κ3) is 7.76. The molecule has 1 aromatic rings. The van der Waals surface area contributed by atoms with Gasteiger partial charge in [0.1, 0.15) is 12.4 Å². The first-order chi connectivity index (χ1) is 11.4. The summed E-state index contributed by atoms with van der Waals surface area (Å²) in [6.07, 6.45) is 1.39. The Balaban J connectivity index is 2.40. The topological polar surface area (TPSA) is 95.4 Å². The average Bonchev–Trinajstić information content (AvgIpc) is 2.54. The van der Waals surface area contributed by atoms with Crippen LogP contribution in [0.5, 0.6) is 0 Å². The van der Waals surface area contributed by atoms with Crippen molar-refractivity contribution in [3.63, 3.8) is 0 Å². The minimum absolute atomic E-state index is 0.132. The normalized spacial score (nSPS) is 11.7. The van der Waals surface area contributed by atoms with Crippen LogP contribution in [-0.2, 0) is 27.4 Å². The molecule has 0 unspecified atom stereocenters. The van der Waals surface area contributed by atoms with Crippen LogP contribution < -0.4 is 0 Å². The predicted octanol–water partition coefficient (Wildman–Crippen LogP) is 2.88. The van der Waals surface area contributed by atoms with Crippen LogP contribution in [0.15, 0.2) is 29.4 Å². The predicted molar refractivity (Wildman–Crippen MR) is 91.3 cm³/mol. The van der Waals surface area contributed by atoms with E-state index in [9.17, 15) is 9.59 Å². The van der Waals surface area contributed by atoms with Crippen molar-refractivity contribution in [1.29, 1.82) is 0 Å². The molecule has 7 nitrogen and oxygen atoms in total. The van der Waals surface area contributed by atoms with E-state index < -0.39 is 6.04 Å². The third-order valence-corrected chi connectivity index (χ3v) is 3.48. The van der Waals surface area contributed by atoms with Crippen molar-refractivity contribution in [1.82, 2.24) is 4.90 Å². The van der Waals surface area contributed by atoms with E-state index in [4.69, 9.17) is 10.3 Å². The second-order valence-electron chi connectivity index (χ2n) is 5.91. The largest absolute Gasteiger partial charge is 0.461 e. The van der Waals surface area contributed by atoms with Crippen molar-refractivity contribution in [2.24, 2.45) is 5.11 Å². The highest BCUT2D eigenvalue weighted by Crippen LogP contribution is 2.09. The summed E-state index contributed by atoms with van der Waals surface area (Å²) in [6, 6.07) is 6.62. The Kier molecular flexibility index (Phi) is 8.54. The first-order valence-corrected chi connectivity index (χ1v) is 7.87. The van der Waals surface area contributed by atoms with Gasteiger partial charge < -0.3 is 9.64 Å². The molecule has 7 heteroatoms. The Hall–Kier alpha value is -2.37. The standard InChI is InChI=1S/C17H24N4O3/c1-13(19-20-18)16(22)11-14-6-8-15(9-7-14)12-24-17(23)5-4-10-21(2)3/h6-9,13H,4-5,10-12H2,1-3H3/t13-/m0/s1. The molecule has 1 rings (SSSR count). The van der Waals surface area contributed by atoms with Crippen molar-refractivity contribution in [3.05, 3.63) is 45.8 Å². The summed E-state index contributed by atoms with van der Waals surface area (Å²) >= 11 is 0. The Labute approximate surface area is 142 Å². The van der Waals surface area contributed by atoms with Crippen molar-refractivity contribution >= 4 is 11.8 Å². The number of rotatable bonds is 10. The zero-order valence-corrected chi connectivity index (χ0v) is 14.4. The van der Waals surface area contributed by atoms with Gasteiger partial charge in [0.25, 0.3) is 0 Å². The van der Waals surface area contributed by atoms with Crippen LogP contribution in [0, 0.1) is 0 Å². The highest BCUT2D eigenvalue weighted by atomic mass is 16.5. The summed E-state index contributed by atoms with van der Waals surface area (Å²) < 4.78 is 5.22. The second-order valence-corrected chi connectivity index (χ2v) is 5.91. The lowest BCUT2D eigenvalue weighted by atomic mass is 10.0. The number of ketones is 1. The lowest BCUT2D eigenvalue weighted by Gasteiger charge is -2.09. The minimum atomic E-state index is -0.669. The van der Waals surface area contributed by atoms with Gasteiger partial charge >= 0.3 is 5.97 Å². The molecule has 0 saturated heterocycles. The van der Waals surface area contributed by atoms with Crippen LogP contribution in [0.1, 0.15) is 30.9 Å². The van der Waals surface area contributed by atoms with E-state index in [1.54, 1.807) is 6.92 Å². The van der Waals surface area contributed by atoms with E-state index in [1.165, 1.54) is 0 Å². The van der Waals surface area contributed by atoms with Gasteiger partial charge in [-0.15, -0.1) is 0 Å². The third-order valence-electron chi connectivity index (χ3n) is 3.48. The molecular weight excluding hydrogens is 308 g/mol. The molecule has 1 aromatic carbocycles. The summed E-state index contributed by atoms with van der Waals surface area (Å²) in [6.45, 7) is 2.66. The Morgan fingerprint density at radius 2 is 1.88 bits per heavy atom. The Morgan fingerprint density at radius 3 is 2.46 bits per heavy atom. The summed E-state index contributed by atoms with van der Waals surface area (Å²) in [4.78, 5) is 28.1. The highest BCUT2D eigenvalue weighted by Gasteiger charge is 2.11. The number of benzene rings is 1. The SMILES string of the molecule is C[C@H](N=[N+]=[N-])C(=O)Cc1ccc(COC(=O)CCCN(C)C)cc1. The monoisotopic (exact) mass is 332 g/mol. The van der Waals surface area contributed by atoms with E-state index in [1.807, 2.05) is 43.3 Å². The Bertz CT molecular complexity index is 592. The molecule has 24 heavy (non-hydrogen) atoms. The molecule has 0 aliphatic carbocycles. The van der Waals surface area contributed by atoms with Crippen LogP contribution >= 0.6 is 0 Å². The van der Waals surface area contributed by atoms with Crippen molar-refractivity contribution < 1.29 is 14.3 Å². The van der Waals surface area contributed by atoms with E-state index in [0.717, 1.165) is 24.1 Å². The molecule has 0 heterocycles. The van der Waals surface area contributed by atoms with E-state index >= 15 is 0 Å². The van der Waals surface area contributed by atoms with Crippen molar-refractivity contribution in [2.75, 3.05) is 20.6 Å². The number of azide groups is 1. The first-order valence-electron chi connectivity index (χ1n) is 7.87. The maximum Gasteiger partial charge on any atom is 0.306 e. The Morgan fingerprint density at radius 1 is 1.25 bits per heavy atom. The van der Waals surface area contributed by atoms with Crippen LogP contribution in [-0.4, -0.2) is 43.3 Å². The highest BCUT2D eigenvalue weighted by molar-refractivity contribution is 5.85. The number of hydrogen-bond acceptors (Lipinski definition) is 5. The smallest absolute Gasteiger partial charge is 0.306 e. The maximum atomic E-state index is 11.8. The van der Waals surface area contributed by atoms with Gasteiger partial charge in [-0.2, -0.15) is 0 Å². The van der Waals surface area contributed by atoms with Gasteiger partial charge in [0.15, 0.2) is 0 Å². The number of carbonyl (C=O) groups excluding carboxylic acids is 2. The number of hydrogen-bond donors (Lipinski definition) is 0. The van der Waals surface area contributed by atoms with Gasteiger partial charge in [0.05, 0.1) is 6.04 Å². The quantitative estimate of drug-likeness (QED) is 0.285. The van der Waals surface area contributed by atoms with Crippen LogP contribution in [0.25, 0.3) is 10.4 Å². The molecule has 130 valence electrons. The summed E-state index contributed by atoms with van der Waals surface area (Å²) in [5, 5.41) is 3.39. The fourth-order valence-electron chi connectivity index (χ4n) is 2.02. The zero-order chi connectivity index (χ0) is 17.9. The average molecular weight is 332 g/mol. The lowest BCUT2D eigenvalue weighted by molar-refractivity contribution is -0.145. The number of ether oxygens (including phenoxy) is 1. The van der Waals surface area contributed by atoms with Crippen molar-refractivity contribution in [3.8, 4) is 0 Å². The number of esters is 1. The van der Waals surface area contributed by atoms with Gasteiger partial charge in [-0.05, 0) is 50.6 Å². The minimum Gasteiger partial charge on any atom is -0.461 e. The van der Waals surface area contributed by atoms with Gasteiger partial charge in [0, 0.05) is 17.8 Å². The fraction of sp³-hybridized carbons (Fsp3) is 0.529. The van der Waals surface area contributed by atoms with Gasteiger partial charge in [0.2, 0.25) is 0 Å². The molecule has 0 aliphatic rings. The first kappa shape index (κ1) is 19.7. The molecule has 0 aliphatic heterocycles. The van der Waals surface area contributed by atoms with Gasteiger partial charge in [-0.25, -0.2) is 0 Å². The molecule has 0 spiro atoms. The lowest BCUT2D eigenvalue weighted by Crippen LogP contribution is -2.16. The second kappa shape index (κ2) is 10.4. The summed E-state index contributed by atoms with van der Waals surface area (Å²) in [5.74, 6) is -0.341. The molecule has 0 fully saturated rings. The van der Waals surface area contributed by atoms with E-state index in [0.29, 0.717) is 6.42 Å². The number of Topliss-reactive ketones (excluding diaryl/α,β-unsaturated/α-hetero) is 1. The van der Waals surface area contributed by atoms with E-state index in [-0.39, 0.29) is 24.8 Å². The molecule has 0 bridgehead atoms. The van der Waals surface area contributed by atoms with Gasteiger partial charge in [-0.1, -0.05) is 29.4 Å². The van der Waals surface area contributed by atoms with Crippen LogP contribution in [0.3, 0.4) is 0 Å². The van der Waals surface area contributed by atoms with Gasteiger partial charge in [-0.3, -0.25) is 9.59 Å². The molecule has 0 N–H and O–H groups in total. The molecule has 0 saturated carbocycles. The van der Waals surface area contributed by atoms with Crippen LogP contribution in [0.2, 0.25) is 0 Å². The number of nitrogens with zero attached hydrogens (tertiary/aromatic N) is 4.